The maximum Gasteiger partial charge on any atom is 0.322 e. The van der Waals surface area contributed by atoms with E-state index in [0.717, 1.165) is 22.5 Å². The first-order chi connectivity index (χ1) is 14.1. The number of halogens is 1. The average molecular weight is 411 g/mol. The van der Waals surface area contributed by atoms with E-state index >= 15 is 0 Å². The van der Waals surface area contributed by atoms with Gasteiger partial charge in [-0.3, -0.25) is 10.4 Å². The Hall–Kier alpha value is -3.52. The molecular formula is C20H19ClN6O2. The lowest BCUT2D eigenvalue weighted by molar-refractivity contribution is 0.212. The Morgan fingerprint density at radius 1 is 1.03 bits per heavy atom. The lowest BCUT2D eigenvalue weighted by Crippen LogP contribution is -2.31. The van der Waals surface area contributed by atoms with Gasteiger partial charge in [0.2, 0.25) is 0 Å². The zero-order valence-electron chi connectivity index (χ0n) is 15.4. The number of aromatic amines is 1. The third kappa shape index (κ3) is 4.49. The van der Waals surface area contributed by atoms with Crippen molar-refractivity contribution in [1.82, 2.24) is 20.4 Å². The summed E-state index contributed by atoms with van der Waals surface area (Å²) in [6, 6.07) is 15.9. The number of anilines is 2. The monoisotopic (exact) mass is 410 g/mol. The van der Waals surface area contributed by atoms with Gasteiger partial charge >= 0.3 is 12.1 Å². The zero-order valence-corrected chi connectivity index (χ0v) is 16.2. The Morgan fingerprint density at radius 3 is 2.55 bits per heavy atom. The summed E-state index contributed by atoms with van der Waals surface area (Å²) >= 11 is 5.86. The van der Waals surface area contributed by atoms with Crippen molar-refractivity contribution in [2.75, 3.05) is 10.6 Å². The molecule has 148 valence electrons. The van der Waals surface area contributed by atoms with Gasteiger partial charge in [0, 0.05) is 22.8 Å². The van der Waals surface area contributed by atoms with E-state index in [-0.39, 0.29) is 12.1 Å². The number of amides is 4. The van der Waals surface area contributed by atoms with Crippen molar-refractivity contribution in [2.45, 2.75) is 19.6 Å². The van der Waals surface area contributed by atoms with E-state index in [1.54, 1.807) is 17.0 Å². The van der Waals surface area contributed by atoms with Crippen LogP contribution in [0.4, 0.5) is 21.1 Å². The van der Waals surface area contributed by atoms with Crippen LogP contribution in [0.1, 0.15) is 16.8 Å². The molecule has 0 fully saturated rings. The van der Waals surface area contributed by atoms with E-state index in [2.05, 4.69) is 26.1 Å². The second-order valence-electron chi connectivity index (χ2n) is 6.62. The van der Waals surface area contributed by atoms with Crippen LogP contribution in [0, 0.1) is 0 Å². The lowest BCUT2D eigenvalue weighted by Gasteiger charge is -2.16. The van der Waals surface area contributed by atoms with Crippen LogP contribution in [-0.2, 0) is 19.6 Å². The molecule has 29 heavy (non-hydrogen) atoms. The SMILES string of the molecule is O=C(NCc1ccc(Cl)cc1)Nc1n[nH]c2c1CN(C(=O)Nc1ccccc1)C2. The summed E-state index contributed by atoms with van der Waals surface area (Å²) in [4.78, 5) is 26.3. The fourth-order valence-corrected chi connectivity index (χ4v) is 3.17. The number of urea groups is 2. The third-order valence-electron chi connectivity index (χ3n) is 4.56. The second-order valence-corrected chi connectivity index (χ2v) is 7.05. The van der Waals surface area contributed by atoms with Crippen LogP contribution in [0.2, 0.25) is 5.02 Å². The Balaban J connectivity index is 1.32. The van der Waals surface area contributed by atoms with Gasteiger partial charge in [0.25, 0.3) is 0 Å². The summed E-state index contributed by atoms with van der Waals surface area (Å²) in [5.74, 6) is 0.420. The first-order valence-electron chi connectivity index (χ1n) is 9.05. The van der Waals surface area contributed by atoms with Crippen molar-refractivity contribution in [3.63, 3.8) is 0 Å². The highest BCUT2D eigenvalue weighted by molar-refractivity contribution is 6.30. The Kier molecular flexibility index (Phi) is 5.35. The number of benzene rings is 2. The minimum absolute atomic E-state index is 0.209. The minimum Gasteiger partial charge on any atom is -0.334 e. The molecule has 9 heteroatoms. The number of para-hydroxylation sites is 1. The first-order valence-corrected chi connectivity index (χ1v) is 9.42. The topological polar surface area (TPSA) is 102 Å². The first kappa shape index (κ1) is 18.8. The van der Waals surface area contributed by atoms with Crippen molar-refractivity contribution in [1.29, 1.82) is 0 Å². The highest BCUT2D eigenvalue weighted by Gasteiger charge is 2.28. The number of hydrogen-bond donors (Lipinski definition) is 4. The van der Waals surface area contributed by atoms with Crippen LogP contribution < -0.4 is 16.0 Å². The van der Waals surface area contributed by atoms with Gasteiger partial charge in [0.15, 0.2) is 5.82 Å². The molecule has 4 N–H and O–H groups in total. The molecule has 0 radical (unpaired) electrons. The van der Waals surface area contributed by atoms with Crippen LogP contribution in [0.15, 0.2) is 54.6 Å². The van der Waals surface area contributed by atoms with Gasteiger partial charge in [0.1, 0.15) is 0 Å². The number of aromatic nitrogens is 2. The standard InChI is InChI=1S/C20H19ClN6O2/c21-14-8-6-13(7-9-14)10-22-19(28)24-18-16-11-27(12-17(16)25-26-18)20(29)23-15-4-2-1-3-5-15/h1-9H,10-12H2,(H,23,29)(H3,22,24,25,26,28). The molecule has 0 aliphatic carbocycles. The number of nitrogens with one attached hydrogen (secondary N) is 4. The molecule has 0 saturated heterocycles. The van der Waals surface area contributed by atoms with E-state index in [1.807, 2.05) is 42.5 Å². The van der Waals surface area contributed by atoms with Crippen LogP contribution >= 0.6 is 11.6 Å². The number of nitrogens with zero attached hydrogens (tertiary/aromatic N) is 2. The predicted octanol–water partition coefficient (Wildman–Crippen LogP) is 3.93. The predicted molar refractivity (Wildman–Crippen MR) is 111 cm³/mol. The Bertz CT molecular complexity index is 1020. The maximum absolute atomic E-state index is 12.5. The molecule has 4 amide bonds. The van der Waals surface area contributed by atoms with Gasteiger partial charge < -0.3 is 15.5 Å². The fourth-order valence-electron chi connectivity index (χ4n) is 3.05. The molecule has 0 saturated carbocycles. The summed E-state index contributed by atoms with van der Waals surface area (Å²) in [6.07, 6.45) is 0. The second kappa shape index (κ2) is 8.24. The summed E-state index contributed by atoms with van der Waals surface area (Å²) in [5, 5.41) is 16.1. The smallest absolute Gasteiger partial charge is 0.322 e. The average Bonchev–Trinajstić information content (AvgIpc) is 3.30. The van der Waals surface area contributed by atoms with Gasteiger partial charge in [-0.1, -0.05) is 41.9 Å². The summed E-state index contributed by atoms with van der Waals surface area (Å²) in [6.45, 7) is 1.12. The molecule has 1 aromatic heterocycles. The molecule has 0 bridgehead atoms. The summed E-state index contributed by atoms with van der Waals surface area (Å²) < 4.78 is 0. The quantitative estimate of drug-likeness (QED) is 0.524. The zero-order chi connectivity index (χ0) is 20.2. The number of fused-ring (bicyclic) bond motifs is 1. The molecule has 0 spiro atoms. The van der Waals surface area contributed by atoms with E-state index in [9.17, 15) is 9.59 Å². The molecule has 3 aromatic rings. The van der Waals surface area contributed by atoms with E-state index < -0.39 is 0 Å². The molecule has 1 aliphatic rings. The highest BCUT2D eigenvalue weighted by atomic mass is 35.5. The van der Waals surface area contributed by atoms with Crippen molar-refractivity contribution in [3.05, 3.63) is 76.4 Å². The molecule has 2 heterocycles. The number of hydrogen-bond acceptors (Lipinski definition) is 3. The third-order valence-corrected chi connectivity index (χ3v) is 4.81. The summed E-state index contributed by atoms with van der Waals surface area (Å²) in [7, 11) is 0. The van der Waals surface area contributed by atoms with E-state index in [0.29, 0.717) is 30.5 Å². The van der Waals surface area contributed by atoms with E-state index in [1.165, 1.54) is 0 Å². The normalized spacial score (nSPS) is 12.4. The van der Waals surface area contributed by atoms with Gasteiger partial charge in [-0.2, -0.15) is 5.10 Å². The molecule has 8 nitrogen and oxygen atoms in total. The molecule has 0 atom stereocenters. The van der Waals surface area contributed by atoms with Crippen molar-refractivity contribution < 1.29 is 9.59 Å². The van der Waals surface area contributed by atoms with Crippen LogP contribution in [0.25, 0.3) is 0 Å². The molecule has 1 aliphatic heterocycles. The van der Waals surface area contributed by atoms with Gasteiger partial charge in [-0.05, 0) is 29.8 Å². The molecular weight excluding hydrogens is 392 g/mol. The van der Waals surface area contributed by atoms with Crippen molar-refractivity contribution in [2.24, 2.45) is 0 Å². The van der Waals surface area contributed by atoms with Crippen LogP contribution in [0.3, 0.4) is 0 Å². The minimum atomic E-state index is -0.374. The molecule has 2 aromatic carbocycles. The summed E-state index contributed by atoms with van der Waals surface area (Å²) in [5.41, 5.74) is 3.27. The van der Waals surface area contributed by atoms with E-state index in [4.69, 9.17) is 11.6 Å². The fraction of sp³-hybridized carbons (Fsp3) is 0.150. The highest BCUT2D eigenvalue weighted by Crippen LogP contribution is 2.27. The van der Waals surface area contributed by atoms with Crippen LogP contribution in [0.5, 0.6) is 0 Å². The van der Waals surface area contributed by atoms with Crippen molar-refractivity contribution >= 4 is 35.2 Å². The lowest BCUT2D eigenvalue weighted by atomic mass is 10.2. The number of carbonyl (C=O) groups is 2. The Morgan fingerprint density at radius 2 is 1.79 bits per heavy atom. The van der Waals surface area contributed by atoms with Crippen molar-refractivity contribution in [3.8, 4) is 0 Å². The number of H-pyrrole nitrogens is 1. The number of rotatable bonds is 4. The maximum atomic E-state index is 12.5. The molecule has 4 rings (SSSR count). The van der Waals surface area contributed by atoms with Gasteiger partial charge in [-0.15, -0.1) is 0 Å². The van der Waals surface area contributed by atoms with Crippen LogP contribution in [-0.4, -0.2) is 27.2 Å². The van der Waals surface area contributed by atoms with Gasteiger partial charge in [-0.25, -0.2) is 9.59 Å². The Labute approximate surface area is 172 Å². The van der Waals surface area contributed by atoms with Gasteiger partial charge in [0.05, 0.1) is 18.8 Å². The largest absolute Gasteiger partial charge is 0.334 e. The molecule has 0 unspecified atom stereocenters. The number of carbonyl (C=O) groups excluding carboxylic acids is 2.